The fourth-order valence-electron chi connectivity index (χ4n) is 1.75. The standard InChI is InChI=1S/C8H10ClF3O/c9-6(13)7(8(10,11)12)4-2-1-3-5-7/h1-5H2. The lowest BCUT2D eigenvalue weighted by Gasteiger charge is -2.35. The Hall–Kier alpha value is -0.250. The highest BCUT2D eigenvalue weighted by Gasteiger charge is 2.59. The van der Waals surface area contributed by atoms with E-state index >= 15 is 0 Å². The van der Waals surface area contributed by atoms with Crippen LogP contribution < -0.4 is 0 Å². The molecule has 0 spiro atoms. The molecule has 0 heterocycles. The Kier molecular flexibility index (Phi) is 2.90. The van der Waals surface area contributed by atoms with Crippen molar-refractivity contribution in [1.82, 2.24) is 0 Å². The van der Waals surface area contributed by atoms with Crippen LogP contribution in [0.3, 0.4) is 0 Å². The van der Waals surface area contributed by atoms with Gasteiger partial charge in [-0.05, 0) is 24.4 Å². The number of halogens is 4. The van der Waals surface area contributed by atoms with E-state index in [-0.39, 0.29) is 12.8 Å². The van der Waals surface area contributed by atoms with Crippen LogP contribution in [0.25, 0.3) is 0 Å². The Morgan fingerprint density at radius 3 is 1.85 bits per heavy atom. The highest BCUT2D eigenvalue weighted by atomic mass is 35.5. The lowest BCUT2D eigenvalue weighted by atomic mass is 9.74. The smallest absolute Gasteiger partial charge is 0.280 e. The summed E-state index contributed by atoms with van der Waals surface area (Å²) in [6.45, 7) is 0. The summed E-state index contributed by atoms with van der Waals surface area (Å²) >= 11 is 5.04. The Labute approximate surface area is 79.2 Å². The number of alkyl halides is 3. The zero-order valence-electron chi connectivity index (χ0n) is 6.96. The van der Waals surface area contributed by atoms with Gasteiger partial charge in [0.05, 0.1) is 0 Å². The van der Waals surface area contributed by atoms with E-state index in [1.807, 2.05) is 0 Å². The van der Waals surface area contributed by atoms with Crippen LogP contribution in [0.4, 0.5) is 13.2 Å². The van der Waals surface area contributed by atoms with E-state index in [4.69, 9.17) is 11.6 Å². The third-order valence-electron chi connectivity index (χ3n) is 2.63. The van der Waals surface area contributed by atoms with Crippen LogP contribution in [-0.2, 0) is 4.79 Å². The number of rotatable bonds is 1. The Bertz CT molecular complexity index is 206. The molecule has 1 aliphatic rings. The summed E-state index contributed by atoms with van der Waals surface area (Å²) in [5, 5.41) is -1.25. The minimum Gasteiger partial charge on any atom is -0.280 e. The van der Waals surface area contributed by atoms with Crippen molar-refractivity contribution in [2.24, 2.45) is 5.41 Å². The lowest BCUT2D eigenvalue weighted by Crippen LogP contribution is -2.44. The number of carbonyl (C=O) groups is 1. The zero-order chi connectivity index (χ0) is 10.1. The van der Waals surface area contributed by atoms with Crippen molar-refractivity contribution in [2.75, 3.05) is 0 Å². The lowest BCUT2D eigenvalue weighted by molar-refractivity contribution is -0.224. The molecular formula is C8H10ClF3O. The molecule has 0 aromatic carbocycles. The van der Waals surface area contributed by atoms with Gasteiger partial charge < -0.3 is 0 Å². The Balaban J connectivity index is 2.93. The first-order valence-corrected chi connectivity index (χ1v) is 4.55. The van der Waals surface area contributed by atoms with Crippen LogP contribution in [0.2, 0.25) is 0 Å². The van der Waals surface area contributed by atoms with Gasteiger partial charge in [0.1, 0.15) is 5.41 Å². The molecule has 0 N–H and O–H groups in total. The SMILES string of the molecule is O=C(Cl)C1(C(F)(F)F)CCCCC1. The quantitative estimate of drug-likeness (QED) is 0.613. The maximum Gasteiger partial charge on any atom is 0.402 e. The molecule has 1 aliphatic carbocycles. The summed E-state index contributed by atoms with van der Waals surface area (Å²) in [4.78, 5) is 10.8. The van der Waals surface area contributed by atoms with Crippen molar-refractivity contribution in [3.8, 4) is 0 Å². The first kappa shape index (κ1) is 10.8. The zero-order valence-corrected chi connectivity index (χ0v) is 7.71. The molecule has 1 fully saturated rings. The molecule has 13 heavy (non-hydrogen) atoms. The van der Waals surface area contributed by atoms with Gasteiger partial charge in [-0.25, -0.2) is 0 Å². The minimum absolute atomic E-state index is 0.154. The minimum atomic E-state index is -4.49. The average Bonchev–Trinajstić information content (AvgIpc) is 2.03. The molecule has 0 bridgehead atoms. The molecule has 0 aromatic rings. The van der Waals surface area contributed by atoms with E-state index in [1.54, 1.807) is 0 Å². The predicted molar refractivity (Wildman–Crippen MR) is 42.4 cm³/mol. The molecule has 76 valence electrons. The Morgan fingerprint density at radius 1 is 1.15 bits per heavy atom. The van der Waals surface area contributed by atoms with Gasteiger partial charge in [0, 0.05) is 0 Å². The number of carbonyl (C=O) groups excluding carboxylic acids is 1. The molecular weight excluding hydrogens is 205 g/mol. The van der Waals surface area contributed by atoms with Crippen LogP contribution in [0.5, 0.6) is 0 Å². The second-order valence-electron chi connectivity index (χ2n) is 3.41. The largest absolute Gasteiger partial charge is 0.402 e. The molecule has 0 saturated heterocycles. The molecule has 0 atom stereocenters. The maximum atomic E-state index is 12.5. The van der Waals surface area contributed by atoms with Crippen LogP contribution >= 0.6 is 11.6 Å². The van der Waals surface area contributed by atoms with Gasteiger partial charge in [-0.3, -0.25) is 4.79 Å². The van der Waals surface area contributed by atoms with Gasteiger partial charge in [0.25, 0.3) is 0 Å². The summed E-state index contributed by atoms with van der Waals surface area (Å²) in [6, 6.07) is 0. The fourth-order valence-corrected chi connectivity index (χ4v) is 2.04. The normalized spacial score (nSPS) is 22.8. The summed E-state index contributed by atoms with van der Waals surface area (Å²) in [5.74, 6) is 0. The van der Waals surface area contributed by atoms with E-state index < -0.39 is 16.8 Å². The predicted octanol–water partition coefficient (Wildman–Crippen LogP) is 3.26. The molecule has 1 rings (SSSR count). The van der Waals surface area contributed by atoms with Gasteiger partial charge in [-0.1, -0.05) is 19.3 Å². The van der Waals surface area contributed by atoms with Crippen molar-refractivity contribution in [2.45, 2.75) is 38.3 Å². The third-order valence-corrected chi connectivity index (χ3v) is 2.99. The number of hydrogen-bond donors (Lipinski definition) is 0. The second kappa shape index (κ2) is 3.48. The molecule has 0 aliphatic heterocycles. The van der Waals surface area contributed by atoms with Gasteiger partial charge in [0.2, 0.25) is 5.24 Å². The highest BCUT2D eigenvalue weighted by Crippen LogP contribution is 2.50. The summed E-state index contributed by atoms with van der Waals surface area (Å²) in [7, 11) is 0. The summed E-state index contributed by atoms with van der Waals surface area (Å²) in [6.07, 6.45) is -3.19. The summed E-state index contributed by atoms with van der Waals surface area (Å²) in [5.41, 5.74) is -2.26. The van der Waals surface area contributed by atoms with Gasteiger partial charge in [-0.2, -0.15) is 13.2 Å². The van der Waals surface area contributed by atoms with Crippen LogP contribution in [-0.4, -0.2) is 11.4 Å². The van der Waals surface area contributed by atoms with Gasteiger partial charge >= 0.3 is 6.18 Å². The van der Waals surface area contributed by atoms with Crippen molar-refractivity contribution >= 4 is 16.8 Å². The van der Waals surface area contributed by atoms with Crippen LogP contribution in [0.1, 0.15) is 32.1 Å². The molecule has 1 nitrogen and oxygen atoms in total. The first-order valence-electron chi connectivity index (χ1n) is 4.17. The summed E-state index contributed by atoms with van der Waals surface area (Å²) < 4.78 is 37.6. The molecule has 0 radical (unpaired) electrons. The van der Waals surface area contributed by atoms with E-state index in [1.165, 1.54) is 0 Å². The maximum absolute atomic E-state index is 12.5. The van der Waals surface area contributed by atoms with Gasteiger partial charge in [-0.15, -0.1) is 0 Å². The van der Waals surface area contributed by atoms with Crippen molar-refractivity contribution in [1.29, 1.82) is 0 Å². The second-order valence-corrected chi connectivity index (χ2v) is 3.76. The van der Waals surface area contributed by atoms with E-state index in [2.05, 4.69) is 0 Å². The molecule has 0 aromatic heterocycles. The molecule has 5 heteroatoms. The van der Waals surface area contributed by atoms with Crippen molar-refractivity contribution < 1.29 is 18.0 Å². The highest BCUT2D eigenvalue weighted by molar-refractivity contribution is 6.64. The van der Waals surface area contributed by atoms with Crippen molar-refractivity contribution in [3.63, 3.8) is 0 Å². The third kappa shape index (κ3) is 1.82. The van der Waals surface area contributed by atoms with Crippen LogP contribution in [0, 0.1) is 5.41 Å². The molecule has 0 amide bonds. The van der Waals surface area contributed by atoms with Crippen molar-refractivity contribution in [3.05, 3.63) is 0 Å². The number of hydrogen-bond acceptors (Lipinski definition) is 1. The fraction of sp³-hybridized carbons (Fsp3) is 0.875. The van der Waals surface area contributed by atoms with E-state index in [0.717, 1.165) is 6.42 Å². The topological polar surface area (TPSA) is 17.1 Å². The first-order chi connectivity index (χ1) is 5.90. The molecule has 1 saturated carbocycles. The monoisotopic (exact) mass is 214 g/mol. The van der Waals surface area contributed by atoms with Crippen LogP contribution in [0.15, 0.2) is 0 Å². The van der Waals surface area contributed by atoms with E-state index in [9.17, 15) is 18.0 Å². The van der Waals surface area contributed by atoms with Gasteiger partial charge in [0.15, 0.2) is 0 Å². The molecule has 0 unspecified atom stereocenters. The Morgan fingerprint density at radius 2 is 1.62 bits per heavy atom. The average molecular weight is 215 g/mol. The van der Waals surface area contributed by atoms with E-state index in [0.29, 0.717) is 12.8 Å².